The van der Waals surface area contributed by atoms with E-state index in [0.29, 0.717) is 18.8 Å². The number of benzene rings is 1. The van der Waals surface area contributed by atoms with E-state index in [1.54, 1.807) is 0 Å². The third-order valence-electron chi connectivity index (χ3n) is 4.79. The van der Waals surface area contributed by atoms with Gasteiger partial charge in [-0.05, 0) is 32.0 Å². The summed E-state index contributed by atoms with van der Waals surface area (Å²) >= 11 is 3.43. The highest BCUT2D eigenvalue weighted by Gasteiger charge is 2.24. The van der Waals surface area contributed by atoms with Gasteiger partial charge in [0, 0.05) is 48.0 Å². The first-order chi connectivity index (χ1) is 13.5. The molecular weight excluding hydrogens is 420 g/mol. The second-order valence-electron chi connectivity index (χ2n) is 6.87. The summed E-state index contributed by atoms with van der Waals surface area (Å²) in [5, 5.41) is 7.19. The van der Waals surface area contributed by atoms with E-state index in [1.807, 2.05) is 55.1 Å². The molecule has 7 nitrogen and oxygen atoms in total. The predicted octanol–water partition coefficient (Wildman–Crippen LogP) is 3.21. The van der Waals surface area contributed by atoms with Gasteiger partial charge in [0.25, 0.3) is 5.91 Å². The Bertz CT molecular complexity index is 972. The number of piperazine rings is 1. The van der Waals surface area contributed by atoms with Crippen LogP contribution in [0.5, 0.6) is 0 Å². The number of hydrogen-bond acceptors (Lipinski definition) is 5. The minimum atomic E-state index is -0.0226. The number of aryl methyl sites for hydroxylation is 2. The van der Waals surface area contributed by atoms with E-state index in [9.17, 15) is 4.79 Å². The number of hydrogen-bond donors (Lipinski definition) is 1. The van der Waals surface area contributed by atoms with Crippen molar-refractivity contribution in [3.05, 3.63) is 58.1 Å². The van der Waals surface area contributed by atoms with Crippen molar-refractivity contribution in [3.63, 3.8) is 0 Å². The fourth-order valence-corrected chi connectivity index (χ4v) is 3.63. The molecule has 2 aromatic heterocycles. The summed E-state index contributed by atoms with van der Waals surface area (Å²) in [6.07, 6.45) is 0. The van der Waals surface area contributed by atoms with Gasteiger partial charge in [0.05, 0.1) is 5.69 Å². The fraction of sp³-hybridized carbons (Fsp3) is 0.300. The highest BCUT2D eigenvalue weighted by molar-refractivity contribution is 9.10. The van der Waals surface area contributed by atoms with Crippen molar-refractivity contribution in [2.75, 3.05) is 31.1 Å². The molecule has 1 saturated heterocycles. The highest BCUT2D eigenvalue weighted by Crippen LogP contribution is 2.21. The molecule has 0 bridgehead atoms. The lowest BCUT2D eigenvalue weighted by Crippen LogP contribution is -2.49. The normalized spacial score (nSPS) is 14.4. The van der Waals surface area contributed by atoms with E-state index >= 15 is 0 Å². The first-order valence-electron chi connectivity index (χ1n) is 9.17. The number of aromatic nitrogens is 4. The van der Waals surface area contributed by atoms with Crippen molar-refractivity contribution in [2.45, 2.75) is 13.8 Å². The second kappa shape index (κ2) is 7.71. The van der Waals surface area contributed by atoms with E-state index in [4.69, 9.17) is 0 Å². The lowest BCUT2D eigenvalue weighted by molar-refractivity contribution is 0.0740. The zero-order valence-electron chi connectivity index (χ0n) is 15.8. The molecule has 1 aromatic carbocycles. The van der Waals surface area contributed by atoms with Crippen LogP contribution >= 0.6 is 15.9 Å². The molecule has 0 radical (unpaired) electrons. The maximum Gasteiger partial charge on any atom is 0.272 e. The molecule has 1 amide bonds. The van der Waals surface area contributed by atoms with Crippen LogP contribution in [0.4, 0.5) is 5.82 Å². The Morgan fingerprint density at radius 2 is 1.75 bits per heavy atom. The smallest absolute Gasteiger partial charge is 0.272 e. The average molecular weight is 441 g/mol. The van der Waals surface area contributed by atoms with Crippen molar-refractivity contribution in [1.29, 1.82) is 0 Å². The minimum absolute atomic E-state index is 0.0226. The molecule has 4 rings (SSSR count). The van der Waals surface area contributed by atoms with E-state index < -0.39 is 0 Å². The standard InChI is InChI=1S/C20H21BrN6O/c1-13-11-19(23-14(2)22-13)26-7-9-27(10-8-26)20(28)18-12-17(24-25-18)15-3-5-16(21)6-4-15/h3-6,11-12H,7-10H2,1-2H3,(H,24,25). The van der Waals surface area contributed by atoms with Crippen LogP contribution in [0.25, 0.3) is 11.3 Å². The van der Waals surface area contributed by atoms with Crippen LogP contribution in [-0.4, -0.2) is 57.2 Å². The van der Waals surface area contributed by atoms with Crippen LogP contribution in [0.2, 0.25) is 0 Å². The van der Waals surface area contributed by atoms with Crippen LogP contribution in [0.3, 0.4) is 0 Å². The molecule has 1 aliphatic heterocycles. The summed E-state index contributed by atoms with van der Waals surface area (Å²) in [7, 11) is 0. The molecule has 3 heterocycles. The number of aromatic amines is 1. The molecule has 8 heteroatoms. The van der Waals surface area contributed by atoms with E-state index in [1.165, 1.54) is 0 Å². The van der Waals surface area contributed by atoms with Crippen LogP contribution in [-0.2, 0) is 0 Å². The Morgan fingerprint density at radius 1 is 1.04 bits per heavy atom. The first-order valence-corrected chi connectivity index (χ1v) is 9.97. The van der Waals surface area contributed by atoms with E-state index in [-0.39, 0.29) is 5.91 Å². The molecule has 3 aromatic rings. The summed E-state index contributed by atoms with van der Waals surface area (Å²) < 4.78 is 1.01. The van der Waals surface area contributed by atoms with Crippen molar-refractivity contribution in [2.24, 2.45) is 0 Å². The van der Waals surface area contributed by atoms with Gasteiger partial charge in [-0.3, -0.25) is 9.89 Å². The molecule has 0 unspecified atom stereocenters. The molecule has 1 fully saturated rings. The monoisotopic (exact) mass is 440 g/mol. The SMILES string of the molecule is Cc1cc(N2CCN(C(=O)c3cc(-c4ccc(Br)cc4)n[nH]3)CC2)nc(C)n1. The third-order valence-corrected chi connectivity index (χ3v) is 5.32. The molecule has 28 heavy (non-hydrogen) atoms. The van der Waals surface area contributed by atoms with Crippen LogP contribution in [0, 0.1) is 13.8 Å². The largest absolute Gasteiger partial charge is 0.353 e. The van der Waals surface area contributed by atoms with Gasteiger partial charge in [0.15, 0.2) is 0 Å². The van der Waals surface area contributed by atoms with Crippen LogP contribution < -0.4 is 4.90 Å². The summed E-state index contributed by atoms with van der Waals surface area (Å²) in [5.74, 6) is 1.67. The highest BCUT2D eigenvalue weighted by atomic mass is 79.9. The Hall–Kier alpha value is -2.74. The molecule has 1 N–H and O–H groups in total. The van der Waals surface area contributed by atoms with Gasteiger partial charge in [-0.1, -0.05) is 28.1 Å². The average Bonchev–Trinajstić information content (AvgIpc) is 3.17. The number of rotatable bonds is 3. The van der Waals surface area contributed by atoms with Crippen molar-refractivity contribution < 1.29 is 4.79 Å². The number of carbonyl (C=O) groups excluding carboxylic acids is 1. The van der Waals surface area contributed by atoms with Gasteiger partial charge in [0.2, 0.25) is 0 Å². The van der Waals surface area contributed by atoms with Crippen LogP contribution in [0.15, 0.2) is 40.9 Å². The molecule has 0 atom stereocenters. The van der Waals surface area contributed by atoms with Gasteiger partial charge in [-0.15, -0.1) is 0 Å². The number of carbonyl (C=O) groups is 1. The fourth-order valence-electron chi connectivity index (χ4n) is 3.37. The topological polar surface area (TPSA) is 78.0 Å². The Balaban J connectivity index is 1.42. The lowest BCUT2D eigenvalue weighted by atomic mass is 10.1. The molecule has 0 spiro atoms. The quantitative estimate of drug-likeness (QED) is 0.676. The number of anilines is 1. The summed E-state index contributed by atoms with van der Waals surface area (Å²) in [5.41, 5.74) is 3.21. The number of amides is 1. The molecule has 1 aliphatic rings. The molecule has 0 aliphatic carbocycles. The molecule has 0 saturated carbocycles. The van der Waals surface area contributed by atoms with Crippen molar-refractivity contribution in [1.82, 2.24) is 25.1 Å². The Labute approximate surface area is 171 Å². The van der Waals surface area contributed by atoms with Crippen molar-refractivity contribution in [3.8, 4) is 11.3 Å². The van der Waals surface area contributed by atoms with E-state index in [2.05, 4.69) is 41.0 Å². The zero-order valence-corrected chi connectivity index (χ0v) is 17.4. The zero-order chi connectivity index (χ0) is 19.7. The maximum absolute atomic E-state index is 12.9. The number of nitrogens with one attached hydrogen (secondary N) is 1. The predicted molar refractivity (Wildman–Crippen MR) is 111 cm³/mol. The third kappa shape index (κ3) is 3.91. The Kier molecular flexibility index (Phi) is 5.13. The van der Waals surface area contributed by atoms with Crippen molar-refractivity contribution >= 4 is 27.7 Å². The van der Waals surface area contributed by atoms with Crippen LogP contribution in [0.1, 0.15) is 22.0 Å². The van der Waals surface area contributed by atoms with Gasteiger partial charge < -0.3 is 9.80 Å². The first kappa shape index (κ1) is 18.6. The number of halogens is 1. The molecular formula is C20H21BrN6O. The summed E-state index contributed by atoms with van der Waals surface area (Å²) in [6.45, 7) is 6.66. The summed E-state index contributed by atoms with van der Waals surface area (Å²) in [4.78, 5) is 25.8. The second-order valence-corrected chi connectivity index (χ2v) is 7.78. The van der Waals surface area contributed by atoms with Gasteiger partial charge >= 0.3 is 0 Å². The van der Waals surface area contributed by atoms with Gasteiger partial charge in [-0.2, -0.15) is 5.10 Å². The lowest BCUT2D eigenvalue weighted by Gasteiger charge is -2.35. The van der Waals surface area contributed by atoms with Gasteiger partial charge in [0.1, 0.15) is 17.3 Å². The number of nitrogens with zero attached hydrogens (tertiary/aromatic N) is 5. The minimum Gasteiger partial charge on any atom is -0.353 e. The molecule has 144 valence electrons. The van der Waals surface area contributed by atoms with E-state index in [0.717, 1.165) is 46.2 Å². The number of H-pyrrole nitrogens is 1. The maximum atomic E-state index is 12.9. The summed E-state index contributed by atoms with van der Waals surface area (Å²) in [6, 6.07) is 11.7. The van der Waals surface area contributed by atoms with Gasteiger partial charge in [-0.25, -0.2) is 9.97 Å². The Morgan fingerprint density at radius 3 is 2.43 bits per heavy atom.